The summed E-state index contributed by atoms with van der Waals surface area (Å²) < 4.78 is 5.80. The fourth-order valence-corrected chi connectivity index (χ4v) is 1.99. The summed E-state index contributed by atoms with van der Waals surface area (Å²) in [6, 6.07) is 5.43. The number of anilines is 2. The Kier molecular flexibility index (Phi) is 3.08. The quantitative estimate of drug-likeness (QED) is 0.757. The first-order chi connectivity index (χ1) is 8.10. The second-order valence-corrected chi connectivity index (χ2v) is 4.22. The molecule has 0 aromatic heterocycles. The van der Waals surface area contributed by atoms with Crippen LogP contribution in [0.4, 0.5) is 11.4 Å². The molecule has 0 radical (unpaired) electrons. The van der Waals surface area contributed by atoms with Crippen molar-refractivity contribution in [2.24, 2.45) is 5.73 Å². The summed E-state index contributed by atoms with van der Waals surface area (Å²) in [5.74, 6) is 0.411. The number of nitrogens with zero attached hydrogens (tertiary/aromatic N) is 1. The zero-order valence-corrected chi connectivity index (χ0v) is 9.85. The van der Waals surface area contributed by atoms with E-state index in [0.29, 0.717) is 12.2 Å². The molecule has 1 aromatic carbocycles. The van der Waals surface area contributed by atoms with Gasteiger partial charge >= 0.3 is 0 Å². The first kappa shape index (κ1) is 11.6. The number of amides is 1. The third-order valence-corrected chi connectivity index (χ3v) is 2.84. The zero-order chi connectivity index (χ0) is 12.4. The van der Waals surface area contributed by atoms with Crippen LogP contribution in [0.25, 0.3) is 0 Å². The number of hydrogen-bond donors (Lipinski definition) is 2. The summed E-state index contributed by atoms with van der Waals surface area (Å²) in [5, 5.41) is 0. The van der Waals surface area contributed by atoms with E-state index in [-0.39, 0.29) is 18.6 Å². The van der Waals surface area contributed by atoms with Gasteiger partial charge in [0.05, 0.1) is 18.8 Å². The van der Waals surface area contributed by atoms with Crippen molar-refractivity contribution in [3.05, 3.63) is 18.2 Å². The molecule has 2 rings (SSSR count). The molecular weight excluding hydrogens is 218 g/mol. The Morgan fingerprint density at radius 2 is 2.35 bits per heavy atom. The second-order valence-electron chi connectivity index (χ2n) is 4.22. The van der Waals surface area contributed by atoms with Gasteiger partial charge in [0.1, 0.15) is 11.9 Å². The molecule has 1 aliphatic rings. The number of hydrogen-bond acceptors (Lipinski definition) is 4. The first-order valence-corrected chi connectivity index (χ1v) is 5.69. The lowest BCUT2D eigenvalue weighted by Crippen LogP contribution is -2.43. The smallest absolute Gasteiger partial charge is 0.236 e. The molecule has 1 aliphatic heterocycles. The lowest BCUT2D eigenvalue weighted by Gasteiger charge is -2.35. The summed E-state index contributed by atoms with van der Waals surface area (Å²) in [4.78, 5) is 13.0. The number of primary amides is 1. The van der Waals surface area contributed by atoms with Crippen LogP contribution in [0.3, 0.4) is 0 Å². The average Bonchev–Trinajstić information content (AvgIpc) is 2.28. The maximum atomic E-state index is 11.1. The van der Waals surface area contributed by atoms with Crippen molar-refractivity contribution in [2.75, 3.05) is 23.7 Å². The van der Waals surface area contributed by atoms with Crippen molar-refractivity contribution in [2.45, 2.75) is 19.4 Å². The summed E-state index contributed by atoms with van der Waals surface area (Å²) >= 11 is 0. The second kappa shape index (κ2) is 4.53. The number of benzene rings is 1. The molecule has 0 saturated carbocycles. The normalized spacial score (nSPS) is 18.4. The van der Waals surface area contributed by atoms with Gasteiger partial charge in [-0.05, 0) is 24.6 Å². The highest BCUT2D eigenvalue weighted by Gasteiger charge is 2.25. The molecule has 4 N–H and O–H groups in total. The predicted octanol–water partition coefficient (Wildman–Crippen LogP) is 0.731. The van der Waals surface area contributed by atoms with E-state index in [1.54, 1.807) is 6.07 Å². The third kappa shape index (κ3) is 2.43. The minimum absolute atomic E-state index is 0.0884. The van der Waals surface area contributed by atoms with E-state index < -0.39 is 0 Å². The van der Waals surface area contributed by atoms with Crippen molar-refractivity contribution < 1.29 is 9.53 Å². The van der Waals surface area contributed by atoms with E-state index in [9.17, 15) is 4.79 Å². The molecule has 0 aliphatic carbocycles. The maximum Gasteiger partial charge on any atom is 0.236 e. The van der Waals surface area contributed by atoms with E-state index in [1.807, 2.05) is 17.0 Å². The van der Waals surface area contributed by atoms with Crippen LogP contribution in [0.5, 0.6) is 5.75 Å². The molecule has 0 fully saturated rings. The molecule has 0 bridgehead atoms. The summed E-state index contributed by atoms with van der Waals surface area (Å²) in [5.41, 5.74) is 12.5. The molecule has 1 atom stereocenters. The van der Waals surface area contributed by atoms with E-state index in [0.717, 1.165) is 17.9 Å². The van der Waals surface area contributed by atoms with Crippen molar-refractivity contribution in [3.8, 4) is 5.75 Å². The van der Waals surface area contributed by atoms with Crippen molar-refractivity contribution >= 4 is 17.3 Å². The van der Waals surface area contributed by atoms with E-state index in [4.69, 9.17) is 16.2 Å². The zero-order valence-electron chi connectivity index (χ0n) is 9.85. The molecule has 17 heavy (non-hydrogen) atoms. The first-order valence-electron chi connectivity index (χ1n) is 5.69. The maximum absolute atomic E-state index is 11.1. The Hall–Kier alpha value is -1.91. The van der Waals surface area contributed by atoms with Gasteiger partial charge in [0.25, 0.3) is 0 Å². The van der Waals surface area contributed by atoms with Crippen molar-refractivity contribution in [1.82, 2.24) is 0 Å². The van der Waals surface area contributed by atoms with Gasteiger partial charge in [0.15, 0.2) is 0 Å². The third-order valence-electron chi connectivity index (χ3n) is 2.84. The van der Waals surface area contributed by atoms with Gasteiger partial charge in [0, 0.05) is 5.69 Å². The van der Waals surface area contributed by atoms with Crippen LogP contribution in [0.2, 0.25) is 0 Å². The van der Waals surface area contributed by atoms with Gasteiger partial charge in [-0.25, -0.2) is 0 Å². The Labute approximate surface area is 100 Å². The van der Waals surface area contributed by atoms with Crippen LogP contribution in [-0.4, -0.2) is 25.1 Å². The van der Waals surface area contributed by atoms with Crippen molar-refractivity contribution in [3.63, 3.8) is 0 Å². The Morgan fingerprint density at radius 3 is 3.00 bits per heavy atom. The molecule has 5 nitrogen and oxygen atoms in total. The predicted molar refractivity (Wildman–Crippen MR) is 67.0 cm³/mol. The molecule has 1 amide bonds. The average molecular weight is 235 g/mol. The lowest BCUT2D eigenvalue weighted by atomic mass is 10.1. The number of ether oxygens (including phenoxy) is 1. The van der Waals surface area contributed by atoms with Gasteiger partial charge in [-0.3, -0.25) is 4.79 Å². The van der Waals surface area contributed by atoms with E-state index >= 15 is 0 Å². The van der Waals surface area contributed by atoms with Crippen LogP contribution in [0.1, 0.15) is 13.3 Å². The van der Waals surface area contributed by atoms with Crippen LogP contribution in [0.15, 0.2) is 18.2 Å². The minimum atomic E-state index is -0.352. The van der Waals surface area contributed by atoms with E-state index in [2.05, 4.69) is 6.92 Å². The molecule has 1 unspecified atom stereocenters. The Bertz CT molecular complexity index is 434. The van der Waals surface area contributed by atoms with Crippen LogP contribution >= 0.6 is 0 Å². The summed E-state index contributed by atoms with van der Waals surface area (Å²) in [6.07, 6.45) is 0.976. The standard InChI is InChI=1S/C12H17N3O2/c1-2-9-6-15(7-12(14)16)10-5-8(13)3-4-11(10)17-9/h3-5,9H,2,6-7,13H2,1H3,(H2,14,16). The number of carbonyl (C=O) groups excluding carboxylic acids is 1. The fraction of sp³-hybridized carbons (Fsp3) is 0.417. The molecule has 92 valence electrons. The summed E-state index contributed by atoms with van der Waals surface area (Å²) in [7, 11) is 0. The van der Waals surface area contributed by atoms with Gasteiger partial charge in [0.2, 0.25) is 5.91 Å². The minimum Gasteiger partial charge on any atom is -0.486 e. The number of nitrogens with two attached hydrogens (primary N) is 2. The van der Waals surface area contributed by atoms with Crippen molar-refractivity contribution in [1.29, 1.82) is 0 Å². The van der Waals surface area contributed by atoms with Gasteiger partial charge in [-0.2, -0.15) is 0 Å². The molecule has 0 spiro atoms. The number of nitrogen functional groups attached to an aromatic ring is 1. The van der Waals surface area contributed by atoms with Gasteiger partial charge in [-0.15, -0.1) is 0 Å². The fourth-order valence-electron chi connectivity index (χ4n) is 1.99. The van der Waals surface area contributed by atoms with Crippen LogP contribution in [-0.2, 0) is 4.79 Å². The highest BCUT2D eigenvalue weighted by atomic mass is 16.5. The van der Waals surface area contributed by atoms with Crippen LogP contribution in [0, 0.1) is 0 Å². The van der Waals surface area contributed by atoms with Crippen LogP contribution < -0.4 is 21.1 Å². The Morgan fingerprint density at radius 1 is 1.59 bits per heavy atom. The topological polar surface area (TPSA) is 81.6 Å². The van der Waals surface area contributed by atoms with E-state index in [1.165, 1.54) is 0 Å². The number of carbonyl (C=O) groups is 1. The molecular formula is C12H17N3O2. The van der Waals surface area contributed by atoms with Gasteiger partial charge in [-0.1, -0.05) is 6.92 Å². The highest BCUT2D eigenvalue weighted by Crippen LogP contribution is 2.35. The monoisotopic (exact) mass is 235 g/mol. The SMILES string of the molecule is CCC1CN(CC(N)=O)c2cc(N)ccc2O1. The van der Waals surface area contributed by atoms with Gasteiger partial charge < -0.3 is 21.1 Å². The number of rotatable bonds is 3. The highest BCUT2D eigenvalue weighted by molar-refractivity contribution is 5.81. The largest absolute Gasteiger partial charge is 0.486 e. The number of fused-ring (bicyclic) bond motifs is 1. The molecule has 5 heteroatoms. The molecule has 1 heterocycles. The molecule has 1 aromatic rings. The molecule has 0 saturated heterocycles. The lowest BCUT2D eigenvalue weighted by molar-refractivity contribution is -0.116. The summed E-state index contributed by atoms with van der Waals surface area (Å²) in [6.45, 7) is 2.90. The Balaban J connectivity index is 2.33.